The van der Waals surface area contributed by atoms with E-state index in [0.717, 1.165) is 23.7 Å². The largest absolute Gasteiger partial charge is 0.298 e. The lowest BCUT2D eigenvalue weighted by molar-refractivity contribution is 0.109. The summed E-state index contributed by atoms with van der Waals surface area (Å²) in [7, 11) is 0. The SMILES string of the molecule is CC(C)c1cc(C=O)c(C=O)cc1C(C)C. The van der Waals surface area contributed by atoms with Crippen LogP contribution in [0.4, 0.5) is 0 Å². The summed E-state index contributed by atoms with van der Waals surface area (Å²) in [6.07, 6.45) is 1.50. The number of rotatable bonds is 4. The molecule has 0 saturated heterocycles. The Hall–Kier alpha value is -1.44. The van der Waals surface area contributed by atoms with Crippen LogP contribution in [0, 0.1) is 0 Å². The van der Waals surface area contributed by atoms with Crippen LogP contribution < -0.4 is 0 Å². The highest BCUT2D eigenvalue weighted by atomic mass is 16.1. The van der Waals surface area contributed by atoms with Crippen LogP contribution in [-0.4, -0.2) is 12.6 Å². The lowest BCUT2D eigenvalue weighted by atomic mass is 9.87. The van der Waals surface area contributed by atoms with Crippen molar-refractivity contribution in [2.24, 2.45) is 0 Å². The lowest BCUT2D eigenvalue weighted by Crippen LogP contribution is -2.03. The van der Waals surface area contributed by atoms with Gasteiger partial charge in [0.25, 0.3) is 0 Å². The van der Waals surface area contributed by atoms with E-state index in [0.29, 0.717) is 23.0 Å². The van der Waals surface area contributed by atoms with Crippen LogP contribution in [-0.2, 0) is 0 Å². The number of carbonyl (C=O) groups excluding carboxylic acids is 2. The van der Waals surface area contributed by atoms with E-state index < -0.39 is 0 Å². The van der Waals surface area contributed by atoms with Crippen LogP contribution in [0.3, 0.4) is 0 Å². The molecule has 0 aromatic heterocycles. The maximum Gasteiger partial charge on any atom is 0.150 e. The zero-order valence-electron chi connectivity index (χ0n) is 10.3. The van der Waals surface area contributed by atoms with Crippen LogP contribution in [0.1, 0.15) is 71.4 Å². The highest BCUT2D eigenvalue weighted by Gasteiger charge is 2.13. The quantitative estimate of drug-likeness (QED) is 0.724. The minimum atomic E-state index is 0.358. The first-order chi connectivity index (χ1) is 7.51. The van der Waals surface area contributed by atoms with Crippen LogP contribution in [0.2, 0.25) is 0 Å². The van der Waals surface area contributed by atoms with E-state index >= 15 is 0 Å². The summed E-state index contributed by atoms with van der Waals surface area (Å²) in [6.45, 7) is 8.37. The summed E-state index contributed by atoms with van der Waals surface area (Å²) in [6, 6.07) is 3.69. The Kier molecular flexibility index (Phi) is 3.99. The third kappa shape index (κ3) is 2.38. The first-order valence-electron chi connectivity index (χ1n) is 5.59. The number of hydrogen-bond donors (Lipinski definition) is 0. The first-order valence-corrected chi connectivity index (χ1v) is 5.59. The summed E-state index contributed by atoms with van der Waals surface area (Å²) in [5.41, 5.74) is 3.29. The molecular weight excluding hydrogens is 200 g/mol. The lowest BCUT2D eigenvalue weighted by Gasteiger charge is -2.17. The number of hydrogen-bond acceptors (Lipinski definition) is 2. The van der Waals surface area contributed by atoms with Crippen LogP contribution in [0.15, 0.2) is 12.1 Å². The molecule has 1 aromatic rings. The fourth-order valence-corrected chi connectivity index (χ4v) is 1.87. The Morgan fingerprint density at radius 3 is 1.31 bits per heavy atom. The molecule has 16 heavy (non-hydrogen) atoms. The van der Waals surface area contributed by atoms with Crippen molar-refractivity contribution in [1.82, 2.24) is 0 Å². The highest BCUT2D eigenvalue weighted by Crippen LogP contribution is 2.28. The van der Waals surface area contributed by atoms with Gasteiger partial charge in [-0.1, -0.05) is 27.7 Å². The number of aldehydes is 2. The summed E-state index contributed by atoms with van der Waals surface area (Å²) in [5, 5.41) is 0. The van der Waals surface area contributed by atoms with Crippen LogP contribution in [0.5, 0.6) is 0 Å². The molecule has 1 rings (SSSR count). The second-order valence-corrected chi connectivity index (χ2v) is 4.66. The molecular formula is C14H18O2. The van der Waals surface area contributed by atoms with Crippen molar-refractivity contribution in [1.29, 1.82) is 0 Å². The molecule has 0 aliphatic heterocycles. The third-order valence-electron chi connectivity index (χ3n) is 2.79. The highest BCUT2D eigenvalue weighted by molar-refractivity contribution is 5.91. The second-order valence-electron chi connectivity index (χ2n) is 4.66. The van der Waals surface area contributed by atoms with E-state index in [9.17, 15) is 9.59 Å². The van der Waals surface area contributed by atoms with Gasteiger partial charge in [-0.05, 0) is 35.1 Å². The van der Waals surface area contributed by atoms with Gasteiger partial charge in [-0.3, -0.25) is 9.59 Å². The standard InChI is InChI=1S/C14H18O2/c1-9(2)13-5-11(7-15)12(8-16)6-14(13)10(3)4/h5-10H,1-4H3. The molecule has 0 aliphatic rings. The van der Waals surface area contributed by atoms with Crippen molar-refractivity contribution in [3.63, 3.8) is 0 Å². The fraction of sp³-hybridized carbons (Fsp3) is 0.429. The van der Waals surface area contributed by atoms with Gasteiger partial charge >= 0.3 is 0 Å². The first kappa shape index (κ1) is 12.6. The summed E-state index contributed by atoms with van der Waals surface area (Å²) in [4.78, 5) is 21.8. The van der Waals surface area contributed by atoms with Crippen LogP contribution >= 0.6 is 0 Å². The molecule has 2 heteroatoms. The summed E-state index contributed by atoms with van der Waals surface area (Å²) < 4.78 is 0. The van der Waals surface area contributed by atoms with Crippen molar-refractivity contribution in [3.05, 3.63) is 34.4 Å². The minimum Gasteiger partial charge on any atom is -0.298 e. The van der Waals surface area contributed by atoms with E-state index in [2.05, 4.69) is 27.7 Å². The number of benzene rings is 1. The molecule has 0 atom stereocenters. The molecule has 0 unspecified atom stereocenters. The summed E-state index contributed by atoms with van der Waals surface area (Å²) >= 11 is 0. The van der Waals surface area contributed by atoms with Gasteiger partial charge in [-0.15, -0.1) is 0 Å². The zero-order valence-corrected chi connectivity index (χ0v) is 10.3. The van der Waals surface area contributed by atoms with E-state index in [1.807, 2.05) is 12.1 Å². The van der Waals surface area contributed by atoms with E-state index in [-0.39, 0.29) is 0 Å². The average molecular weight is 218 g/mol. The molecule has 0 aliphatic carbocycles. The fourth-order valence-electron chi connectivity index (χ4n) is 1.87. The minimum absolute atomic E-state index is 0.358. The zero-order chi connectivity index (χ0) is 12.3. The molecule has 0 spiro atoms. The predicted octanol–water partition coefficient (Wildman–Crippen LogP) is 3.56. The van der Waals surface area contributed by atoms with Gasteiger partial charge in [0.05, 0.1) is 0 Å². The Bertz CT molecular complexity index is 364. The third-order valence-corrected chi connectivity index (χ3v) is 2.79. The molecule has 2 nitrogen and oxygen atoms in total. The molecule has 0 heterocycles. The Morgan fingerprint density at radius 1 is 0.812 bits per heavy atom. The van der Waals surface area contributed by atoms with Crippen molar-refractivity contribution in [2.45, 2.75) is 39.5 Å². The Labute approximate surface area is 96.7 Å². The van der Waals surface area contributed by atoms with E-state index in [1.165, 1.54) is 0 Å². The van der Waals surface area contributed by atoms with Gasteiger partial charge < -0.3 is 0 Å². The number of carbonyl (C=O) groups is 2. The van der Waals surface area contributed by atoms with Gasteiger partial charge in [0, 0.05) is 11.1 Å². The maximum absolute atomic E-state index is 10.9. The molecule has 86 valence electrons. The molecule has 0 N–H and O–H groups in total. The van der Waals surface area contributed by atoms with Gasteiger partial charge in [0.15, 0.2) is 12.6 Å². The van der Waals surface area contributed by atoms with E-state index in [1.54, 1.807) is 0 Å². The van der Waals surface area contributed by atoms with Crippen molar-refractivity contribution in [3.8, 4) is 0 Å². The molecule has 0 bridgehead atoms. The smallest absolute Gasteiger partial charge is 0.150 e. The molecule has 0 fully saturated rings. The van der Waals surface area contributed by atoms with Gasteiger partial charge in [-0.2, -0.15) is 0 Å². The topological polar surface area (TPSA) is 34.1 Å². The second kappa shape index (κ2) is 5.06. The van der Waals surface area contributed by atoms with Crippen molar-refractivity contribution >= 4 is 12.6 Å². The van der Waals surface area contributed by atoms with Crippen molar-refractivity contribution < 1.29 is 9.59 Å². The Balaban J connectivity index is 3.47. The molecule has 0 radical (unpaired) electrons. The average Bonchev–Trinajstić information content (AvgIpc) is 2.26. The van der Waals surface area contributed by atoms with Gasteiger partial charge in [0.2, 0.25) is 0 Å². The molecule has 0 amide bonds. The van der Waals surface area contributed by atoms with E-state index in [4.69, 9.17) is 0 Å². The maximum atomic E-state index is 10.9. The van der Waals surface area contributed by atoms with Gasteiger partial charge in [0.1, 0.15) is 0 Å². The predicted molar refractivity (Wildman–Crippen MR) is 65.4 cm³/mol. The molecule has 0 saturated carbocycles. The Morgan fingerprint density at radius 2 is 1.12 bits per heavy atom. The summed E-state index contributed by atoms with van der Waals surface area (Å²) in [5.74, 6) is 0.716. The monoisotopic (exact) mass is 218 g/mol. The molecule has 1 aromatic carbocycles. The van der Waals surface area contributed by atoms with Gasteiger partial charge in [-0.25, -0.2) is 0 Å². The van der Waals surface area contributed by atoms with Crippen molar-refractivity contribution in [2.75, 3.05) is 0 Å². The normalized spacial score (nSPS) is 10.9. The van der Waals surface area contributed by atoms with Crippen LogP contribution in [0.25, 0.3) is 0 Å².